The van der Waals surface area contributed by atoms with Crippen LogP contribution in [0.15, 0.2) is 54.6 Å². The van der Waals surface area contributed by atoms with Crippen molar-refractivity contribution < 1.29 is 13.9 Å². The normalized spacial score (nSPS) is 11.9. The number of alkyl halides is 1. The minimum absolute atomic E-state index is 0.227. The van der Waals surface area contributed by atoms with Gasteiger partial charge >= 0.3 is 5.97 Å². The van der Waals surface area contributed by atoms with Gasteiger partial charge in [0.1, 0.15) is 11.9 Å². The number of esters is 1. The van der Waals surface area contributed by atoms with Crippen molar-refractivity contribution >= 4 is 17.6 Å². The Morgan fingerprint density at radius 2 is 1.75 bits per heavy atom. The van der Waals surface area contributed by atoms with Crippen molar-refractivity contribution in [3.63, 3.8) is 0 Å². The van der Waals surface area contributed by atoms with Crippen LogP contribution < -0.4 is 0 Å². The average Bonchev–Trinajstić information content (AvgIpc) is 2.60. The molecular formula is C20H22ClFO2. The van der Waals surface area contributed by atoms with Crippen LogP contribution in [0.3, 0.4) is 0 Å². The molecule has 0 spiro atoms. The van der Waals surface area contributed by atoms with Gasteiger partial charge in [-0.05, 0) is 48.9 Å². The molecule has 0 aliphatic carbocycles. The highest BCUT2D eigenvalue weighted by molar-refractivity contribution is 6.17. The van der Waals surface area contributed by atoms with E-state index in [-0.39, 0.29) is 17.9 Å². The summed E-state index contributed by atoms with van der Waals surface area (Å²) in [5.74, 6) is -0.0256. The van der Waals surface area contributed by atoms with Crippen LogP contribution in [0, 0.1) is 5.82 Å². The van der Waals surface area contributed by atoms with Gasteiger partial charge in [0.2, 0.25) is 0 Å². The topological polar surface area (TPSA) is 26.3 Å². The van der Waals surface area contributed by atoms with Crippen molar-refractivity contribution in [1.29, 1.82) is 0 Å². The molecular weight excluding hydrogens is 327 g/mol. The first-order chi connectivity index (χ1) is 11.7. The molecule has 0 saturated carbocycles. The fourth-order valence-corrected chi connectivity index (χ4v) is 2.69. The zero-order chi connectivity index (χ0) is 17.2. The van der Waals surface area contributed by atoms with Crippen molar-refractivity contribution in [2.75, 3.05) is 5.88 Å². The van der Waals surface area contributed by atoms with Gasteiger partial charge in [-0.1, -0.05) is 42.5 Å². The zero-order valence-corrected chi connectivity index (χ0v) is 14.3. The van der Waals surface area contributed by atoms with E-state index in [0.717, 1.165) is 24.8 Å². The molecule has 0 aliphatic rings. The lowest BCUT2D eigenvalue weighted by Crippen LogP contribution is -2.12. The van der Waals surface area contributed by atoms with Crippen LogP contribution >= 0.6 is 11.6 Å². The number of rotatable bonds is 9. The van der Waals surface area contributed by atoms with E-state index >= 15 is 0 Å². The molecule has 2 aromatic carbocycles. The SMILES string of the molecule is O=C(CCCc1ccccc1)OC(CCCCl)c1ccc(F)cc1. The lowest BCUT2D eigenvalue weighted by atomic mass is 10.0. The molecule has 0 N–H and O–H groups in total. The molecule has 2 aromatic rings. The molecule has 0 radical (unpaired) electrons. The largest absolute Gasteiger partial charge is 0.457 e. The van der Waals surface area contributed by atoms with Crippen molar-refractivity contribution in [3.05, 3.63) is 71.5 Å². The van der Waals surface area contributed by atoms with Gasteiger partial charge < -0.3 is 4.74 Å². The number of carbonyl (C=O) groups is 1. The third kappa shape index (κ3) is 6.32. The maximum Gasteiger partial charge on any atom is 0.306 e. The van der Waals surface area contributed by atoms with Gasteiger partial charge in [-0.15, -0.1) is 11.6 Å². The third-order valence-corrected chi connectivity index (χ3v) is 4.07. The summed E-state index contributed by atoms with van der Waals surface area (Å²) in [5.41, 5.74) is 2.01. The second kappa shape index (κ2) is 10.1. The standard InChI is InChI=1S/C20H22ClFO2/c21-15-5-9-19(17-11-13-18(22)14-12-17)24-20(23)10-4-8-16-6-2-1-3-7-16/h1-3,6-7,11-14,19H,4-5,8-10,15H2. The van der Waals surface area contributed by atoms with Crippen LogP contribution in [0.25, 0.3) is 0 Å². The molecule has 2 nitrogen and oxygen atoms in total. The smallest absolute Gasteiger partial charge is 0.306 e. The highest BCUT2D eigenvalue weighted by Crippen LogP contribution is 2.24. The highest BCUT2D eigenvalue weighted by Gasteiger charge is 2.16. The summed E-state index contributed by atoms with van der Waals surface area (Å²) >= 11 is 5.75. The maximum absolute atomic E-state index is 13.1. The second-order valence-electron chi connectivity index (χ2n) is 5.70. The van der Waals surface area contributed by atoms with E-state index < -0.39 is 0 Å². The fraction of sp³-hybridized carbons (Fsp3) is 0.350. The first-order valence-corrected chi connectivity index (χ1v) is 8.77. The molecule has 0 aliphatic heterocycles. The summed E-state index contributed by atoms with van der Waals surface area (Å²) in [6, 6.07) is 16.1. The lowest BCUT2D eigenvalue weighted by molar-refractivity contribution is -0.150. The molecule has 1 unspecified atom stereocenters. The van der Waals surface area contributed by atoms with E-state index in [1.807, 2.05) is 30.3 Å². The van der Waals surface area contributed by atoms with Gasteiger partial charge in [-0.25, -0.2) is 4.39 Å². The van der Waals surface area contributed by atoms with E-state index in [9.17, 15) is 9.18 Å². The van der Waals surface area contributed by atoms with E-state index in [2.05, 4.69) is 0 Å². The molecule has 0 bridgehead atoms. The first kappa shape index (κ1) is 18.5. The lowest BCUT2D eigenvalue weighted by Gasteiger charge is -2.18. The summed E-state index contributed by atoms with van der Waals surface area (Å²) in [7, 11) is 0. The Bertz CT molecular complexity index is 613. The Morgan fingerprint density at radius 3 is 2.42 bits per heavy atom. The number of aryl methyl sites for hydroxylation is 1. The summed E-state index contributed by atoms with van der Waals surface area (Å²) < 4.78 is 18.7. The zero-order valence-electron chi connectivity index (χ0n) is 13.6. The van der Waals surface area contributed by atoms with E-state index in [0.29, 0.717) is 18.7 Å². The van der Waals surface area contributed by atoms with E-state index in [1.165, 1.54) is 17.7 Å². The molecule has 0 aromatic heterocycles. The summed E-state index contributed by atoms with van der Waals surface area (Å²) in [4.78, 5) is 12.1. The van der Waals surface area contributed by atoms with Gasteiger partial charge in [0, 0.05) is 12.3 Å². The second-order valence-corrected chi connectivity index (χ2v) is 6.08. The van der Waals surface area contributed by atoms with E-state index in [4.69, 9.17) is 16.3 Å². The van der Waals surface area contributed by atoms with Gasteiger partial charge in [0.25, 0.3) is 0 Å². The maximum atomic E-state index is 13.1. The van der Waals surface area contributed by atoms with Crippen molar-refractivity contribution in [3.8, 4) is 0 Å². The van der Waals surface area contributed by atoms with Gasteiger partial charge in [-0.3, -0.25) is 4.79 Å². The van der Waals surface area contributed by atoms with Crippen LogP contribution in [0.2, 0.25) is 0 Å². The third-order valence-electron chi connectivity index (χ3n) is 3.80. The Balaban J connectivity index is 1.86. The minimum atomic E-state index is -0.367. The summed E-state index contributed by atoms with van der Waals surface area (Å²) in [6.07, 6.45) is 2.97. The molecule has 0 saturated heterocycles. The van der Waals surface area contributed by atoms with Crippen molar-refractivity contribution in [2.45, 2.75) is 38.2 Å². The summed E-state index contributed by atoms with van der Waals surface area (Å²) in [5, 5.41) is 0. The molecule has 4 heteroatoms. The quantitative estimate of drug-likeness (QED) is 0.445. The predicted molar refractivity (Wildman–Crippen MR) is 94.6 cm³/mol. The summed E-state index contributed by atoms with van der Waals surface area (Å²) in [6.45, 7) is 0. The number of halogens is 2. The monoisotopic (exact) mass is 348 g/mol. The van der Waals surface area contributed by atoms with Gasteiger partial charge in [-0.2, -0.15) is 0 Å². The molecule has 0 heterocycles. The van der Waals surface area contributed by atoms with Gasteiger partial charge in [0.15, 0.2) is 0 Å². The molecule has 24 heavy (non-hydrogen) atoms. The van der Waals surface area contributed by atoms with E-state index in [1.54, 1.807) is 12.1 Å². The predicted octanol–water partition coefficient (Wildman–Crippen LogP) is 5.45. The number of hydrogen-bond donors (Lipinski definition) is 0. The molecule has 0 amide bonds. The number of carbonyl (C=O) groups excluding carboxylic acids is 1. The Hall–Kier alpha value is -1.87. The molecule has 1 atom stereocenters. The van der Waals surface area contributed by atoms with Crippen LogP contribution in [-0.2, 0) is 16.0 Å². The molecule has 0 fully saturated rings. The number of hydrogen-bond acceptors (Lipinski definition) is 2. The van der Waals surface area contributed by atoms with Crippen LogP contribution in [-0.4, -0.2) is 11.8 Å². The van der Waals surface area contributed by atoms with Crippen LogP contribution in [0.5, 0.6) is 0 Å². The molecule has 128 valence electrons. The highest BCUT2D eigenvalue weighted by atomic mass is 35.5. The van der Waals surface area contributed by atoms with Crippen molar-refractivity contribution in [2.24, 2.45) is 0 Å². The van der Waals surface area contributed by atoms with Crippen LogP contribution in [0.1, 0.15) is 42.9 Å². The number of ether oxygens (including phenoxy) is 1. The Labute approximate surface area is 147 Å². The minimum Gasteiger partial charge on any atom is -0.457 e. The number of benzene rings is 2. The Kier molecular flexibility index (Phi) is 7.76. The fourth-order valence-electron chi connectivity index (χ4n) is 2.53. The van der Waals surface area contributed by atoms with Crippen molar-refractivity contribution in [1.82, 2.24) is 0 Å². The Morgan fingerprint density at radius 1 is 1.04 bits per heavy atom. The molecule has 2 rings (SSSR count). The average molecular weight is 349 g/mol. The first-order valence-electron chi connectivity index (χ1n) is 8.24. The van der Waals surface area contributed by atoms with Crippen LogP contribution in [0.4, 0.5) is 4.39 Å². The van der Waals surface area contributed by atoms with Gasteiger partial charge in [0.05, 0.1) is 0 Å².